The minimum absolute atomic E-state index is 0.163. The highest BCUT2D eigenvalue weighted by atomic mass is 32.2. The highest BCUT2D eigenvalue weighted by Crippen LogP contribution is 2.26. The Bertz CT molecular complexity index is 714. The van der Waals surface area contributed by atoms with Crippen LogP contribution in [0.5, 0.6) is 0 Å². The van der Waals surface area contributed by atoms with Gasteiger partial charge in [0.1, 0.15) is 0 Å². The molecule has 0 unspecified atom stereocenters. The standard InChI is InChI=1S/C15H15F2NO2S2/c1-2-11-3-9-14(10-4-11)22(19,20)18-12-5-7-13(8-6-12)21-15(16)17/h3-10,15,18H,2H2,1H3. The highest BCUT2D eigenvalue weighted by molar-refractivity contribution is 7.99. The lowest BCUT2D eigenvalue weighted by molar-refractivity contribution is 0.252. The molecule has 7 heteroatoms. The maximum absolute atomic E-state index is 12.2. The van der Waals surface area contributed by atoms with Gasteiger partial charge in [-0.2, -0.15) is 8.78 Å². The Kier molecular flexibility index (Phi) is 5.42. The van der Waals surface area contributed by atoms with Crippen LogP contribution in [0.3, 0.4) is 0 Å². The number of rotatable bonds is 6. The number of thioether (sulfide) groups is 1. The Labute approximate surface area is 132 Å². The summed E-state index contributed by atoms with van der Waals surface area (Å²) in [5, 5.41) is 0. The van der Waals surface area contributed by atoms with Crippen LogP contribution in [0.4, 0.5) is 14.5 Å². The second-order valence-corrected chi connectivity index (χ2v) is 7.25. The molecule has 0 bridgehead atoms. The summed E-state index contributed by atoms with van der Waals surface area (Å²) in [6.45, 7) is 1.99. The van der Waals surface area contributed by atoms with Crippen molar-refractivity contribution < 1.29 is 17.2 Å². The van der Waals surface area contributed by atoms with E-state index in [0.29, 0.717) is 22.3 Å². The summed E-state index contributed by atoms with van der Waals surface area (Å²) in [6.07, 6.45) is 0.830. The van der Waals surface area contributed by atoms with E-state index in [9.17, 15) is 17.2 Å². The third-order valence-electron chi connectivity index (χ3n) is 2.97. The Morgan fingerprint density at radius 2 is 1.64 bits per heavy atom. The Morgan fingerprint density at radius 3 is 2.14 bits per heavy atom. The van der Waals surface area contributed by atoms with Gasteiger partial charge < -0.3 is 0 Å². The van der Waals surface area contributed by atoms with Crippen molar-refractivity contribution >= 4 is 27.5 Å². The zero-order chi connectivity index (χ0) is 16.2. The maximum Gasteiger partial charge on any atom is 0.288 e. The SMILES string of the molecule is CCc1ccc(S(=O)(=O)Nc2ccc(SC(F)F)cc2)cc1. The molecule has 0 aromatic heterocycles. The number of anilines is 1. The number of aryl methyl sites for hydroxylation is 1. The van der Waals surface area contributed by atoms with Crippen molar-refractivity contribution in [3.63, 3.8) is 0 Å². The monoisotopic (exact) mass is 343 g/mol. The van der Waals surface area contributed by atoms with E-state index in [1.165, 1.54) is 24.3 Å². The summed E-state index contributed by atoms with van der Waals surface area (Å²) >= 11 is 0.415. The van der Waals surface area contributed by atoms with E-state index in [0.717, 1.165) is 12.0 Å². The number of hydrogen-bond acceptors (Lipinski definition) is 3. The average Bonchev–Trinajstić information content (AvgIpc) is 2.48. The number of halogens is 2. The van der Waals surface area contributed by atoms with Gasteiger partial charge in [0, 0.05) is 10.6 Å². The molecule has 0 amide bonds. The van der Waals surface area contributed by atoms with Crippen molar-refractivity contribution in [2.45, 2.75) is 28.9 Å². The van der Waals surface area contributed by atoms with Crippen LogP contribution in [0, 0.1) is 0 Å². The van der Waals surface area contributed by atoms with E-state index >= 15 is 0 Å². The fraction of sp³-hybridized carbons (Fsp3) is 0.200. The maximum atomic E-state index is 12.2. The highest BCUT2D eigenvalue weighted by Gasteiger charge is 2.14. The molecule has 0 atom stereocenters. The van der Waals surface area contributed by atoms with Gasteiger partial charge in [0.05, 0.1) is 4.90 Å². The normalized spacial score (nSPS) is 11.6. The van der Waals surface area contributed by atoms with Gasteiger partial charge in [-0.25, -0.2) is 8.42 Å². The van der Waals surface area contributed by atoms with Crippen LogP contribution < -0.4 is 4.72 Å². The third kappa shape index (κ3) is 4.45. The predicted molar refractivity (Wildman–Crippen MR) is 84.9 cm³/mol. The van der Waals surface area contributed by atoms with Crippen LogP contribution in [0.1, 0.15) is 12.5 Å². The molecule has 0 radical (unpaired) electrons. The smallest absolute Gasteiger partial charge is 0.280 e. The van der Waals surface area contributed by atoms with E-state index in [4.69, 9.17) is 0 Å². The van der Waals surface area contributed by atoms with Gasteiger partial charge in [0.25, 0.3) is 15.8 Å². The fourth-order valence-corrected chi connectivity index (χ4v) is 3.38. The van der Waals surface area contributed by atoms with Crippen LogP contribution in [0.2, 0.25) is 0 Å². The number of sulfonamides is 1. The molecule has 2 aromatic rings. The minimum Gasteiger partial charge on any atom is -0.280 e. The first-order valence-electron chi connectivity index (χ1n) is 6.57. The average molecular weight is 343 g/mol. The number of nitrogens with one attached hydrogen (secondary N) is 1. The Morgan fingerprint density at radius 1 is 1.05 bits per heavy atom. The first kappa shape index (κ1) is 16.8. The second kappa shape index (κ2) is 7.11. The molecule has 1 N–H and O–H groups in total. The lowest BCUT2D eigenvalue weighted by Crippen LogP contribution is -2.12. The van der Waals surface area contributed by atoms with Crippen molar-refractivity contribution in [2.75, 3.05) is 4.72 Å². The van der Waals surface area contributed by atoms with Crippen molar-refractivity contribution in [3.05, 3.63) is 54.1 Å². The summed E-state index contributed by atoms with van der Waals surface area (Å²) in [7, 11) is -3.68. The lowest BCUT2D eigenvalue weighted by Gasteiger charge is -2.09. The largest absolute Gasteiger partial charge is 0.288 e. The number of benzene rings is 2. The van der Waals surface area contributed by atoms with Gasteiger partial charge in [-0.15, -0.1) is 0 Å². The van der Waals surface area contributed by atoms with Crippen molar-refractivity contribution in [1.82, 2.24) is 0 Å². The fourth-order valence-electron chi connectivity index (χ4n) is 1.82. The molecule has 22 heavy (non-hydrogen) atoms. The Hall–Kier alpha value is -1.60. The summed E-state index contributed by atoms with van der Waals surface area (Å²) in [6, 6.07) is 12.4. The molecule has 0 aliphatic carbocycles. The molecule has 0 heterocycles. The van der Waals surface area contributed by atoms with Crippen molar-refractivity contribution in [2.24, 2.45) is 0 Å². The zero-order valence-electron chi connectivity index (χ0n) is 11.8. The van der Waals surface area contributed by atoms with Crippen LogP contribution in [0.25, 0.3) is 0 Å². The molecule has 0 saturated carbocycles. The summed E-state index contributed by atoms with van der Waals surface area (Å²) < 4.78 is 51.3. The van der Waals surface area contributed by atoms with E-state index in [1.807, 2.05) is 6.92 Å². The van der Waals surface area contributed by atoms with Gasteiger partial charge in [-0.3, -0.25) is 4.72 Å². The van der Waals surface area contributed by atoms with Gasteiger partial charge in [-0.05, 0) is 48.4 Å². The molecule has 3 nitrogen and oxygen atoms in total. The quantitative estimate of drug-likeness (QED) is 0.793. The van der Waals surface area contributed by atoms with Gasteiger partial charge in [-0.1, -0.05) is 30.8 Å². The molecular formula is C15H15F2NO2S2. The lowest BCUT2D eigenvalue weighted by atomic mass is 10.2. The van der Waals surface area contributed by atoms with Gasteiger partial charge >= 0.3 is 0 Å². The molecule has 118 valence electrons. The van der Waals surface area contributed by atoms with E-state index in [1.54, 1.807) is 24.3 Å². The number of alkyl halides is 2. The molecule has 2 aromatic carbocycles. The molecule has 0 saturated heterocycles. The topological polar surface area (TPSA) is 46.2 Å². The van der Waals surface area contributed by atoms with Crippen LogP contribution in [-0.4, -0.2) is 14.2 Å². The van der Waals surface area contributed by atoms with E-state index < -0.39 is 15.8 Å². The van der Waals surface area contributed by atoms with Crippen LogP contribution >= 0.6 is 11.8 Å². The van der Waals surface area contributed by atoms with Crippen molar-refractivity contribution in [1.29, 1.82) is 0 Å². The van der Waals surface area contributed by atoms with E-state index in [-0.39, 0.29) is 4.90 Å². The number of hydrogen-bond donors (Lipinski definition) is 1. The Balaban J connectivity index is 2.13. The first-order chi connectivity index (χ1) is 10.4. The van der Waals surface area contributed by atoms with E-state index in [2.05, 4.69) is 4.72 Å². The zero-order valence-corrected chi connectivity index (χ0v) is 13.4. The van der Waals surface area contributed by atoms with Crippen molar-refractivity contribution in [3.8, 4) is 0 Å². The molecule has 0 spiro atoms. The summed E-state index contributed by atoms with van der Waals surface area (Å²) in [4.78, 5) is 0.543. The molecule has 0 aliphatic heterocycles. The van der Waals surface area contributed by atoms with Gasteiger partial charge in [0.15, 0.2) is 0 Å². The van der Waals surface area contributed by atoms with Crippen LogP contribution in [-0.2, 0) is 16.4 Å². The van der Waals surface area contributed by atoms with Crippen LogP contribution in [0.15, 0.2) is 58.3 Å². The minimum atomic E-state index is -3.68. The summed E-state index contributed by atoms with van der Waals surface area (Å²) in [5.41, 5.74) is 1.38. The second-order valence-electron chi connectivity index (χ2n) is 4.51. The third-order valence-corrected chi connectivity index (χ3v) is 5.09. The first-order valence-corrected chi connectivity index (χ1v) is 8.93. The molecule has 2 rings (SSSR count). The van der Waals surface area contributed by atoms with Gasteiger partial charge in [0.2, 0.25) is 0 Å². The molecule has 0 fully saturated rings. The molecular weight excluding hydrogens is 328 g/mol. The summed E-state index contributed by atoms with van der Waals surface area (Å²) in [5.74, 6) is -2.50. The predicted octanol–water partition coefficient (Wildman–Crippen LogP) is 4.36. The molecule has 0 aliphatic rings.